The van der Waals surface area contributed by atoms with Crippen molar-refractivity contribution in [3.05, 3.63) is 11.3 Å². The zero-order valence-corrected chi connectivity index (χ0v) is 9.67. The van der Waals surface area contributed by atoms with Gasteiger partial charge in [-0.25, -0.2) is 4.79 Å². The summed E-state index contributed by atoms with van der Waals surface area (Å²) in [4.78, 5) is 34.5. The molecule has 18 heavy (non-hydrogen) atoms. The molecule has 0 aromatic carbocycles. The maximum atomic E-state index is 11.7. The Morgan fingerprint density at radius 1 is 1.61 bits per heavy atom. The lowest BCUT2D eigenvalue weighted by atomic mass is 9.71. The molecule has 3 aliphatic rings. The Morgan fingerprint density at radius 2 is 2.22 bits per heavy atom. The van der Waals surface area contributed by atoms with Gasteiger partial charge in [0.1, 0.15) is 11.9 Å². The fraction of sp³-hybridized carbons (Fsp3) is 0.545. The van der Waals surface area contributed by atoms with Crippen molar-refractivity contribution in [2.24, 2.45) is 5.92 Å². The highest BCUT2D eigenvalue weighted by atomic mass is 16.6. The van der Waals surface area contributed by atoms with Crippen LogP contribution in [0.2, 0.25) is 0 Å². The van der Waals surface area contributed by atoms with Gasteiger partial charge in [-0.15, -0.1) is 0 Å². The summed E-state index contributed by atoms with van der Waals surface area (Å²) < 4.78 is 17.5. The highest BCUT2D eigenvalue weighted by Crippen LogP contribution is 2.45. The van der Waals surface area contributed by atoms with Crippen LogP contribution in [0.5, 0.6) is 0 Å². The Balaban J connectivity index is 2.71. The number of methoxy groups -OCH3 is 1. The molecule has 7 nitrogen and oxygen atoms in total. The van der Waals surface area contributed by atoms with E-state index < -0.39 is 41.7 Å². The zero-order valence-electron chi connectivity index (χ0n) is 10.7. The third-order valence-corrected chi connectivity index (χ3v) is 3.08. The second kappa shape index (κ2) is 3.81. The van der Waals surface area contributed by atoms with Crippen molar-refractivity contribution in [2.75, 3.05) is 7.11 Å². The molecule has 2 aliphatic heterocycles. The lowest BCUT2D eigenvalue weighted by Gasteiger charge is -2.44. The zero-order chi connectivity index (χ0) is 14.5. The van der Waals surface area contributed by atoms with E-state index in [4.69, 9.17) is 16.0 Å². The smallest absolute Gasteiger partial charge is 0.337 e. The Morgan fingerprint density at radius 3 is 2.67 bits per heavy atom. The molecule has 2 bridgehead atoms. The molecule has 98 valence electrons. The monoisotopic (exact) mass is 257 g/mol. The van der Waals surface area contributed by atoms with Gasteiger partial charge in [-0.2, -0.15) is 0 Å². The minimum absolute atomic E-state index is 0.0713. The summed E-state index contributed by atoms with van der Waals surface area (Å²) in [5.74, 6) is -5.18. The van der Waals surface area contributed by atoms with Crippen LogP contribution in [0.25, 0.3) is 0 Å². The van der Waals surface area contributed by atoms with E-state index in [1.165, 1.54) is 6.92 Å². The van der Waals surface area contributed by atoms with Gasteiger partial charge in [-0.3, -0.25) is 9.59 Å². The van der Waals surface area contributed by atoms with Gasteiger partial charge < -0.3 is 19.7 Å². The van der Waals surface area contributed by atoms with Crippen LogP contribution in [0.4, 0.5) is 0 Å². The number of carbonyl (C=O) groups excluding carboxylic acids is 2. The average molecular weight is 257 g/mol. The molecular formula is C11H12O7. The highest BCUT2D eigenvalue weighted by molar-refractivity contribution is 6.01. The molecule has 2 heterocycles. The molecule has 1 saturated heterocycles. The largest absolute Gasteiger partial charge is 0.499 e. The van der Waals surface area contributed by atoms with Gasteiger partial charge in [-0.05, 0) is 6.92 Å². The van der Waals surface area contributed by atoms with Crippen LogP contribution in [0.3, 0.4) is 0 Å². The quantitative estimate of drug-likeness (QED) is 0.639. The molecule has 0 aromatic rings. The molecule has 3 rings (SSSR count). The maximum absolute atomic E-state index is 11.7. The van der Waals surface area contributed by atoms with E-state index in [0.29, 0.717) is 0 Å². The number of ether oxygens (including phenoxy) is 2. The maximum Gasteiger partial charge on any atom is 0.337 e. The highest BCUT2D eigenvalue weighted by Gasteiger charge is 2.62. The third kappa shape index (κ3) is 1.43. The number of carbonyl (C=O) groups is 3. The molecule has 4 atom stereocenters. The topological polar surface area (TPSA) is 110 Å². The van der Waals surface area contributed by atoms with Crippen LogP contribution < -0.4 is 0 Å². The number of aliphatic carboxylic acids is 1. The molecular weight excluding hydrogens is 244 g/mol. The van der Waals surface area contributed by atoms with Gasteiger partial charge in [0.2, 0.25) is 0 Å². The standard InChI is InChI=1S/C11H12O7/c1-4(12)6-5-3-11(16,10(14)15)7(8(6)17-2)9(13)18-5/h5,7,16H,3H2,1-2H3,(H,14,15)/t5-,7+,11+/m1/s1/i3D/t3-,5+,7-,11-/m0. The Hall–Kier alpha value is -1.89. The molecule has 0 amide bonds. The van der Waals surface area contributed by atoms with E-state index >= 15 is 0 Å². The summed E-state index contributed by atoms with van der Waals surface area (Å²) in [5.41, 5.74) is -2.73. The number of hydrogen-bond acceptors (Lipinski definition) is 6. The summed E-state index contributed by atoms with van der Waals surface area (Å²) in [6.45, 7) is 1.19. The van der Waals surface area contributed by atoms with E-state index in [2.05, 4.69) is 0 Å². The predicted molar refractivity (Wildman–Crippen MR) is 55.3 cm³/mol. The van der Waals surface area contributed by atoms with E-state index in [1.54, 1.807) is 0 Å². The van der Waals surface area contributed by atoms with Gasteiger partial charge in [0, 0.05) is 7.77 Å². The molecule has 0 saturated carbocycles. The molecule has 0 unspecified atom stereocenters. The SMILES string of the molecule is [2H][C@H]1[C@H]2OC(=O)[C@H](C(OC)=C2C(C)=O)[C@]1(O)C(=O)O. The summed E-state index contributed by atoms with van der Waals surface area (Å²) in [7, 11) is 1.16. The first-order valence-electron chi connectivity index (χ1n) is 5.72. The van der Waals surface area contributed by atoms with Crippen molar-refractivity contribution in [2.45, 2.75) is 25.0 Å². The second-order valence-corrected chi connectivity index (χ2v) is 4.13. The first-order valence-corrected chi connectivity index (χ1v) is 5.14. The summed E-state index contributed by atoms with van der Waals surface area (Å²) in [6, 6.07) is 0. The first kappa shape index (κ1) is 11.2. The van der Waals surface area contributed by atoms with Crippen LogP contribution in [-0.4, -0.2) is 46.7 Å². The number of rotatable bonds is 3. The predicted octanol–water partition coefficient (Wildman–Crippen LogP) is -0.763. The fourth-order valence-corrected chi connectivity index (χ4v) is 2.28. The van der Waals surface area contributed by atoms with Crippen molar-refractivity contribution in [1.82, 2.24) is 0 Å². The lowest BCUT2D eigenvalue weighted by Crippen LogP contribution is -2.61. The van der Waals surface area contributed by atoms with Crippen molar-refractivity contribution in [3.8, 4) is 0 Å². The number of ketones is 1. The summed E-state index contributed by atoms with van der Waals surface area (Å²) >= 11 is 0. The number of hydrogen-bond donors (Lipinski definition) is 2. The summed E-state index contributed by atoms with van der Waals surface area (Å²) in [5, 5.41) is 19.3. The number of fused-ring (bicyclic) bond motifs is 2. The van der Waals surface area contributed by atoms with Crippen LogP contribution in [0.15, 0.2) is 11.3 Å². The van der Waals surface area contributed by atoms with Crippen LogP contribution in [0.1, 0.15) is 14.7 Å². The van der Waals surface area contributed by atoms with Gasteiger partial charge in [-0.1, -0.05) is 0 Å². The summed E-state index contributed by atoms with van der Waals surface area (Å²) in [6.07, 6.45) is -3.13. The molecule has 0 radical (unpaired) electrons. The average Bonchev–Trinajstić information content (AvgIpc) is 2.33. The number of carboxylic acid groups (broad SMARTS) is 1. The van der Waals surface area contributed by atoms with Crippen LogP contribution >= 0.6 is 0 Å². The van der Waals surface area contributed by atoms with Gasteiger partial charge in [0.05, 0.1) is 12.7 Å². The third-order valence-electron chi connectivity index (χ3n) is 3.08. The van der Waals surface area contributed by atoms with Gasteiger partial charge >= 0.3 is 11.9 Å². The second-order valence-electron chi connectivity index (χ2n) is 4.13. The fourth-order valence-electron chi connectivity index (χ4n) is 2.28. The number of Topliss-reactive ketones (excluding diaryl/α,β-unsaturated/α-hetero) is 1. The van der Waals surface area contributed by atoms with Crippen molar-refractivity contribution in [3.63, 3.8) is 0 Å². The molecule has 0 aromatic heterocycles. The molecule has 1 fully saturated rings. The minimum atomic E-state index is -2.66. The number of esters is 1. The minimum Gasteiger partial charge on any atom is -0.499 e. The Kier molecular flexibility index (Phi) is 2.37. The van der Waals surface area contributed by atoms with Crippen molar-refractivity contribution in [1.29, 1.82) is 0 Å². The molecule has 7 heteroatoms. The van der Waals surface area contributed by atoms with Crippen molar-refractivity contribution >= 4 is 17.7 Å². The number of aliphatic hydroxyl groups is 1. The van der Waals surface area contributed by atoms with E-state index in [0.717, 1.165) is 7.11 Å². The molecule has 0 spiro atoms. The van der Waals surface area contributed by atoms with Gasteiger partial charge in [0.25, 0.3) is 0 Å². The van der Waals surface area contributed by atoms with Crippen LogP contribution in [0, 0.1) is 5.92 Å². The normalized spacial score (nSPS) is 39.2. The Labute approximate surface area is 103 Å². The Bertz CT molecular complexity index is 511. The molecule has 1 aliphatic carbocycles. The lowest BCUT2D eigenvalue weighted by molar-refractivity contribution is -0.200. The van der Waals surface area contributed by atoms with Gasteiger partial charge in [0.15, 0.2) is 17.3 Å². The van der Waals surface area contributed by atoms with E-state index in [1.807, 2.05) is 0 Å². The van der Waals surface area contributed by atoms with E-state index in [9.17, 15) is 19.5 Å². The van der Waals surface area contributed by atoms with Crippen molar-refractivity contribution < 1.29 is 35.4 Å². The molecule has 2 N–H and O–H groups in total. The van der Waals surface area contributed by atoms with Crippen LogP contribution in [-0.2, 0) is 23.9 Å². The van der Waals surface area contributed by atoms with E-state index in [-0.39, 0.29) is 11.3 Å². The first-order chi connectivity index (χ1) is 8.76. The number of carboxylic acids is 1.